The van der Waals surface area contributed by atoms with E-state index in [4.69, 9.17) is 11.8 Å². The van der Waals surface area contributed by atoms with E-state index in [1.54, 1.807) is 0 Å². The number of rotatable bonds is 4. The van der Waals surface area contributed by atoms with Crippen molar-refractivity contribution in [2.75, 3.05) is 0 Å². The Balaban J connectivity index is 2.56. The van der Waals surface area contributed by atoms with Gasteiger partial charge in [0.25, 0.3) is 0 Å². The largest absolute Gasteiger partial charge is 0.302 e. The highest BCUT2D eigenvalue weighted by atomic mass is 35.5. The van der Waals surface area contributed by atoms with Crippen molar-refractivity contribution < 1.29 is 4.79 Å². The summed E-state index contributed by atoms with van der Waals surface area (Å²) in [5, 5.41) is 0. The minimum absolute atomic E-state index is 0.297. The molecule has 1 aromatic carbocycles. The molecule has 1 rings (SSSR count). The Kier molecular flexibility index (Phi) is 3.77. The second-order valence-corrected chi connectivity index (χ2v) is 2.76. The van der Waals surface area contributed by atoms with E-state index >= 15 is 0 Å². The molecule has 0 radical (unpaired) electrons. The molecule has 2 nitrogen and oxygen atoms in total. The summed E-state index contributed by atoms with van der Waals surface area (Å²) < 4.78 is 0. The Bertz CT molecular complexity index is 238. The first-order chi connectivity index (χ1) is 5.86. The van der Waals surface area contributed by atoms with Crippen molar-refractivity contribution in [1.29, 1.82) is 0 Å². The Hall–Kier alpha value is -0.860. The molecule has 0 bridgehead atoms. The zero-order chi connectivity index (χ0) is 8.81. The van der Waals surface area contributed by atoms with Gasteiger partial charge in [-0.1, -0.05) is 30.3 Å². The third-order valence-electron chi connectivity index (χ3n) is 1.60. The first-order valence-electron chi connectivity index (χ1n) is 3.72. The molecule has 0 saturated heterocycles. The Morgan fingerprint density at radius 1 is 1.42 bits per heavy atom. The fraction of sp³-hybridized carbons (Fsp3) is 0.222. The van der Waals surface area contributed by atoms with Crippen molar-refractivity contribution in [2.24, 2.45) is 0 Å². The van der Waals surface area contributed by atoms with E-state index in [1.165, 1.54) is 0 Å². The molecule has 0 spiro atoms. The molecule has 0 aliphatic heterocycles. The summed E-state index contributed by atoms with van der Waals surface area (Å²) in [7, 11) is 0. The lowest BCUT2D eigenvalue weighted by molar-refractivity contribution is -0.109. The van der Waals surface area contributed by atoms with Crippen LogP contribution in [0.3, 0.4) is 0 Å². The first kappa shape index (κ1) is 9.23. The van der Waals surface area contributed by atoms with Crippen molar-refractivity contribution in [3.8, 4) is 0 Å². The smallest absolute Gasteiger partial charge is 0.138 e. The van der Waals surface area contributed by atoms with Gasteiger partial charge in [-0.3, -0.25) is 0 Å². The predicted octanol–water partition coefficient (Wildman–Crippen LogP) is 1.54. The van der Waals surface area contributed by atoms with Crippen molar-refractivity contribution >= 4 is 18.1 Å². The number of nitrogens with one attached hydrogen (secondary N) is 1. The molecule has 0 aliphatic carbocycles. The minimum atomic E-state index is -0.297. The summed E-state index contributed by atoms with van der Waals surface area (Å²) in [6, 6.07) is 9.44. The molecule has 0 aliphatic rings. The maximum atomic E-state index is 10.4. The highest BCUT2D eigenvalue weighted by Gasteiger charge is 2.04. The number of carbonyl (C=O) groups is 1. The Morgan fingerprint density at radius 2 is 2.08 bits per heavy atom. The number of carbonyl (C=O) groups excluding carboxylic acids is 1. The lowest BCUT2D eigenvalue weighted by Gasteiger charge is -2.05. The van der Waals surface area contributed by atoms with E-state index in [2.05, 4.69) is 4.84 Å². The monoisotopic (exact) mass is 183 g/mol. The fourth-order valence-electron chi connectivity index (χ4n) is 0.980. The summed E-state index contributed by atoms with van der Waals surface area (Å²) in [5.74, 6) is 0. The Labute approximate surface area is 76.7 Å². The van der Waals surface area contributed by atoms with Crippen molar-refractivity contribution in [3.63, 3.8) is 0 Å². The van der Waals surface area contributed by atoms with Crippen molar-refractivity contribution in [1.82, 2.24) is 4.84 Å². The number of hydrogen-bond donors (Lipinski definition) is 1. The molecule has 0 heterocycles. The van der Waals surface area contributed by atoms with Gasteiger partial charge in [0.15, 0.2) is 0 Å². The lowest BCUT2D eigenvalue weighted by atomic mass is 10.1. The van der Waals surface area contributed by atoms with Crippen LogP contribution in [0.15, 0.2) is 30.3 Å². The van der Waals surface area contributed by atoms with Crippen LogP contribution in [0.25, 0.3) is 0 Å². The molecule has 0 amide bonds. The molecule has 1 aromatic rings. The van der Waals surface area contributed by atoms with Crippen LogP contribution in [0.4, 0.5) is 0 Å². The molecule has 1 unspecified atom stereocenters. The van der Waals surface area contributed by atoms with Gasteiger partial charge in [-0.15, -0.1) is 0 Å². The standard InChI is InChI=1S/C9H10ClNO/c10-11-9(7-12)6-8-4-2-1-3-5-8/h1-5,7,9,11H,6H2. The van der Waals surface area contributed by atoms with Gasteiger partial charge < -0.3 is 4.79 Å². The maximum absolute atomic E-state index is 10.4. The fourth-order valence-corrected chi connectivity index (χ4v) is 1.11. The van der Waals surface area contributed by atoms with Gasteiger partial charge in [-0.25, -0.2) is 4.84 Å². The van der Waals surface area contributed by atoms with Gasteiger partial charge in [0.1, 0.15) is 6.29 Å². The molecular formula is C9H10ClNO. The van der Waals surface area contributed by atoms with Crippen LogP contribution in [-0.4, -0.2) is 12.3 Å². The summed E-state index contributed by atoms with van der Waals surface area (Å²) >= 11 is 5.34. The van der Waals surface area contributed by atoms with Gasteiger partial charge in [0.2, 0.25) is 0 Å². The molecule has 12 heavy (non-hydrogen) atoms. The summed E-state index contributed by atoms with van der Waals surface area (Å²) in [4.78, 5) is 12.8. The first-order valence-corrected chi connectivity index (χ1v) is 4.10. The van der Waals surface area contributed by atoms with Crippen LogP contribution < -0.4 is 4.84 Å². The zero-order valence-electron chi connectivity index (χ0n) is 6.53. The second-order valence-electron chi connectivity index (χ2n) is 2.54. The summed E-state index contributed by atoms with van der Waals surface area (Å²) in [5.41, 5.74) is 1.10. The molecule has 64 valence electrons. The molecule has 0 saturated carbocycles. The van der Waals surface area contributed by atoms with Crippen LogP contribution >= 0.6 is 11.8 Å². The number of hydrogen-bond acceptors (Lipinski definition) is 2. The van der Waals surface area contributed by atoms with E-state index in [9.17, 15) is 4.79 Å². The summed E-state index contributed by atoms with van der Waals surface area (Å²) in [6.45, 7) is 0. The molecular weight excluding hydrogens is 174 g/mol. The van der Waals surface area contributed by atoms with E-state index in [0.29, 0.717) is 6.42 Å². The maximum Gasteiger partial charge on any atom is 0.138 e. The molecule has 1 N–H and O–H groups in total. The van der Waals surface area contributed by atoms with Crippen molar-refractivity contribution in [3.05, 3.63) is 35.9 Å². The van der Waals surface area contributed by atoms with E-state index in [1.807, 2.05) is 30.3 Å². The highest BCUT2D eigenvalue weighted by molar-refractivity contribution is 6.14. The normalized spacial score (nSPS) is 12.4. The van der Waals surface area contributed by atoms with Gasteiger partial charge in [-0.05, 0) is 23.8 Å². The molecule has 0 aromatic heterocycles. The van der Waals surface area contributed by atoms with Crippen molar-refractivity contribution in [2.45, 2.75) is 12.5 Å². The zero-order valence-corrected chi connectivity index (χ0v) is 7.29. The SMILES string of the molecule is O=CC(Cc1ccccc1)NCl. The second kappa shape index (κ2) is 4.91. The van der Waals surface area contributed by atoms with Gasteiger partial charge >= 0.3 is 0 Å². The van der Waals surface area contributed by atoms with Crippen LogP contribution in [0, 0.1) is 0 Å². The van der Waals surface area contributed by atoms with Gasteiger partial charge in [0.05, 0.1) is 6.04 Å². The minimum Gasteiger partial charge on any atom is -0.302 e. The Morgan fingerprint density at radius 3 is 2.58 bits per heavy atom. The van der Waals surface area contributed by atoms with E-state index < -0.39 is 0 Å². The van der Waals surface area contributed by atoms with E-state index in [-0.39, 0.29) is 6.04 Å². The van der Waals surface area contributed by atoms with Crippen LogP contribution in [0.2, 0.25) is 0 Å². The third-order valence-corrected chi connectivity index (χ3v) is 1.88. The van der Waals surface area contributed by atoms with Crippen LogP contribution in [0.1, 0.15) is 5.56 Å². The highest BCUT2D eigenvalue weighted by Crippen LogP contribution is 2.01. The number of benzene rings is 1. The summed E-state index contributed by atoms with van der Waals surface area (Å²) in [6.07, 6.45) is 1.44. The van der Waals surface area contributed by atoms with Crippen LogP contribution in [-0.2, 0) is 11.2 Å². The predicted molar refractivity (Wildman–Crippen MR) is 49.0 cm³/mol. The molecule has 0 fully saturated rings. The van der Waals surface area contributed by atoms with Crippen LogP contribution in [0.5, 0.6) is 0 Å². The van der Waals surface area contributed by atoms with E-state index in [0.717, 1.165) is 11.8 Å². The topological polar surface area (TPSA) is 29.1 Å². The van der Waals surface area contributed by atoms with Gasteiger partial charge in [-0.2, -0.15) is 0 Å². The average Bonchev–Trinajstić information content (AvgIpc) is 2.16. The third kappa shape index (κ3) is 2.64. The quantitative estimate of drug-likeness (QED) is 0.567. The van der Waals surface area contributed by atoms with Gasteiger partial charge in [0, 0.05) is 0 Å². The number of halogens is 1. The lowest BCUT2D eigenvalue weighted by Crippen LogP contribution is -2.24. The molecule has 1 atom stereocenters. The average molecular weight is 184 g/mol. The number of aldehydes is 1. The molecule has 3 heteroatoms.